The molecular formula is C22H20N4O2. The van der Waals surface area contributed by atoms with Crippen LogP contribution < -0.4 is 10.1 Å². The number of ether oxygens (including phenoxy) is 1. The molecule has 0 spiro atoms. The second-order valence-corrected chi connectivity index (χ2v) is 6.33. The topological polar surface area (TPSA) is 69.0 Å². The number of fused-ring (bicyclic) bond motifs is 1. The van der Waals surface area contributed by atoms with Crippen molar-refractivity contribution in [1.29, 1.82) is 0 Å². The molecule has 4 aromatic rings. The molecule has 28 heavy (non-hydrogen) atoms. The summed E-state index contributed by atoms with van der Waals surface area (Å²) >= 11 is 0. The van der Waals surface area contributed by atoms with Gasteiger partial charge in [0, 0.05) is 42.5 Å². The van der Waals surface area contributed by atoms with Gasteiger partial charge in [0.1, 0.15) is 11.4 Å². The first-order valence-corrected chi connectivity index (χ1v) is 9.04. The Morgan fingerprint density at radius 1 is 1.07 bits per heavy atom. The summed E-state index contributed by atoms with van der Waals surface area (Å²) < 4.78 is 7.37. The smallest absolute Gasteiger partial charge is 0.226 e. The van der Waals surface area contributed by atoms with E-state index in [4.69, 9.17) is 4.74 Å². The number of methoxy groups -OCH3 is 1. The lowest BCUT2D eigenvalue weighted by atomic mass is 10.2. The zero-order valence-corrected chi connectivity index (χ0v) is 15.5. The average Bonchev–Trinajstić information content (AvgIpc) is 3.12. The lowest BCUT2D eigenvalue weighted by Gasteiger charge is -2.12. The molecule has 0 radical (unpaired) electrons. The van der Waals surface area contributed by atoms with E-state index in [1.807, 2.05) is 48.5 Å². The molecule has 1 amide bonds. The van der Waals surface area contributed by atoms with Gasteiger partial charge < -0.3 is 14.6 Å². The maximum absolute atomic E-state index is 12.5. The molecule has 3 heterocycles. The number of para-hydroxylation sites is 2. The van der Waals surface area contributed by atoms with Crippen molar-refractivity contribution >= 4 is 22.6 Å². The summed E-state index contributed by atoms with van der Waals surface area (Å²) in [5, 5.41) is 3.96. The highest BCUT2D eigenvalue weighted by Gasteiger charge is 2.13. The van der Waals surface area contributed by atoms with E-state index in [0.717, 1.165) is 22.3 Å². The molecule has 140 valence electrons. The quantitative estimate of drug-likeness (QED) is 0.552. The molecule has 0 saturated heterocycles. The van der Waals surface area contributed by atoms with Crippen molar-refractivity contribution in [2.75, 3.05) is 12.4 Å². The van der Waals surface area contributed by atoms with Crippen LogP contribution in [0.15, 0.2) is 73.2 Å². The van der Waals surface area contributed by atoms with Gasteiger partial charge in [-0.3, -0.25) is 9.78 Å². The zero-order chi connectivity index (χ0) is 19.3. The number of hydrogen-bond acceptors (Lipinski definition) is 4. The Hall–Kier alpha value is -3.67. The van der Waals surface area contributed by atoms with Crippen molar-refractivity contribution in [2.24, 2.45) is 0 Å². The first-order valence-electron chi connectivity index (χ1n) is 9.04. The van der Waals surface area contributed by atoms with E-state index < -0.39 is 0 Å². The molecule has 6 heteroatoms. The fourth-order valence-corrected chi connectivity index (χ4v) is 3.25. The highest BCUT2D eigenvalue weighted by atomic mass is 16.5. The van der Waals surface area contributed by atoms with Gasteiger partial charge in [-0.1, -0.05) is 12.1 Å². The molecule has 0 unspecified atom stereocenters. The third-order valence-corrected chi connectivity index (χ3v) is 4.58. The molecule has 0 aliphatic rings. The average molecular weight is 372 g/mol. The number of benzene rings is 1. The van der Waals surface area contributed by atoms with Crippen LogP contribution in [-0.4, -0.2) is 27.6 Å². The van der Waals surface area contributed by atoms with E-state index >= 15 is 0 Å². The number of aryl methyl sites for hydroxylation is 1. The van der Waals surface area contributed by atoms with Crippen LogP contribution in [0.2, 0.25) is 0 Å². The summed E-state index contributed by atoms with van der Waals surface area (Å²) in [5.41, 5.74) is 3.58. The van der Waals surface area contributed by atoms with E-state index in [9.17, 15) is 4.79 Å². The van der Waals surface area contributed by atoms with Crippen molar-refractivity contribution in [2.45, 2.75) is 13.0 Å². The number of nitrogens with one attached hydrogen (secondary N) is 1. The van der Waals surface area contributed by atoms with Crippen molar-refractivity contribution in [1.82, 2.24) is 14.5 Å². The van der Waals surface area contributed by atoms with Gasteiger partial charge in [0.2, 0.25) is 5.91 Å². The predicted octanol–water partition coefficient (Wildman–Crippen LogP) is 4.14. The number of pyridine rings is 2. The van der Waals surface area contributed by atoms with Crippen LogP contribution in [0.25, 0.3) is 22.3 Å². The van der Waals surface area contributed by atoms with Crippen LogP contribution >= 0.6 is 0 Å². The van der Waals surface area contributed by atoms with Crippen LogP contribution in [0, 0.1) is 0 Å². The fourth-order valence-electron chi connectivity index (χ4n) is 3.25. The van der Waals surface area contributed by atoms with Gasteiger partial charge in [0.15, 0.2) is 0 Å². The van der Waals surface area contributed by atoms with E-state index in [-0.39, 0.29) is 5.91 Å². The third kappa shape index (κ3) is 3.57. The number of carbonyl (C=O) groups is 1. The van der Waals surface area contributed by atoms with Crippen molar-refractivity contribution < 1.29 is 9.53 Å². The first kappa shape index (κ1) is 17.7. The van der Waals surface area contributed by atoms with Gasteiger partial charge >= 0.3 is 0 Å². The summed E-state index contributed by atoms with van der Waals surface area (Å²) in [6.07, 6.45) is 5.61. The zero-order valence-electron chi connectivity index (χ0n) is 15.5. The molecule has 4 rings (SSSR count). The molecule has 0 bridgehead atoms. The van der Waals surface area contributed by atoms with E-state index in [0.29, 0.717) is 24.4 Å². The molecule has 0 atom stereocenters. The van der Waals surface area contributed by atoms with Gasteiger partial charge in [-0.25, -0.2) is 4.98 Å². The number of aromatic nitrogens is 3. The minimum Gasteiger partial charge on any atom is -0.495 e. The molecule has 0 aliphatic carbocycles. The number of rotatable bonds is 6. The summed E-state index contributed by atoms with van der Waals surface area (Å²) in [7, 11) is 1.59. The van der Waals surface area contributed by atoms with Gasteiger partial charge in [0.05, 0.1) is 18.5 Å². The highest BCUT2D eigenvalue weighted by molar-refractivity contribution is 5.92. The Bertz CT molecular complexity index is 1110. The van der Waals surface area contributed by atoms with Gasteiger partial charge in [-0.15, -0.1) is 0 Å². The Morgan fingerprint density at radius 3 is 2.71 bits per heavy atom. The molecule has 1 N–H and O–H groups in total. The summed E-state index contributed by atoms with van der Waals surface area (Å²) in [4.78, 5) is 21.2. The maximum Gasteiger partial charge on any atom is 0.226 e. The van der Waals surface area contributed by atoms with Crippen LogP contribution in [0.4, 0.5) is 5.69 Å². The van der Waals surface area contributed by atoms with Crippen molar-refractivity contribution in [3.05, 3.63) is 73.2 Å². The van der Waals surface area contributed by atoms with Crippen molar-refractivity contribution in [3.8, 4) is 17.0 Å². The molecular weight excluding hydrogens is 352 g/mol. The Kier molecular flexibility index (Phi) is 5.01. The predicted molar refractivity (Wildman–Crippen MR) is 109 cm³/mol. The Labute approximate surface area is 162 Å². The van der Waals surface area contributed by atoms with Gasteiger partial charge in [0.25, 0.3) is 0 Å². The normalized spacial score (nSPS) is 10.8. The highest BCUT2D eigenvalue weighted by Crippen LogP contribution is 2.27. The third-order valence-electron chi connectivity index (χ3n) is 4.58. The van der Waals surface area contributed by atoms with E-state index in [1.165, 1.54) is 0 Å². The van der Waals surface area contributed by atoms with Crippen LogP contribution in [0.5, 0.6) is 5.75 Å². The lowest BCUT2D eigenvalue weighted by Crippen LogP contribution is -2.15. The minimum absolute atomic E-state index is 0.0806. The summed E-state index contributed by atoms with van der Waals surface area (Å²) in [5.74, 6) is 0.560. The molecule has 0 aliphatic heterocycles. The Morgan fingerprint density at radius 2 is 1.89 bits per heavy atom. The van der Waals surface area contributed by atoms with E-state index in [1.54, 1.807) is 25.7 Å². The molecule has 0 fully saturated rings. The second-order valence-electron chi connectivity index (χ2n) is 6.33. The SMILES string of the molecule is COc1ccccc1NC(=O)CCn1c(-c2ccncc2)cc2cccnc21. The van der Waals surface area contributed by atoms with Crippen LogP contribution in [0.3, 0.4) is 0 Å². The molecule has 0 saturated carbocycles. The van der Waals surface area contributed by atoms with Crippen LogP contribution in [-0.2, 0) is 11.3 Å². The molecule has 6 nitrogen and oxygen atoms in total. The number of nitrogens with zero attached hydrogens (tertiary/aromatic N) is 3. The molecule has 1 aromatic carbocycles. The summed E-state index contributed by atoms with van der Waals surface area (Å²) in [6.45, 7) is 0.513. The minimum atomic E-state index is -0.0806. The van der Waals surface area contributed by atoms with Gasteiger partial charge in [-0.2, -0.15) is 0 Å². The lowest BCUT2D eigenvalue weighted by molar-refractivity contribution is -0.116. The second kappa shape index (κ2) is 7.92. The number of amides is 1. The fraction of sp³-hybridized carbons (Fsp3) is 0.136. The van der Waals surface area contributed by atoms with E-state index in [2.05, 4.69) is 25.9 Å². The number of anilines is 1. The standard InChI is InChI=1S/C22H20N4O2/c1-28-20-7-3-2-6-18(20)25-21(27)10-14-26-19(16-8-12-23-13-9-16)15-17-5-4-11-24-22(17)26/h2-9,11-13,15H,10,14H2,1H3,(H,25,27). The monoisotopic (exact) mass is 372 g/mol. The van der Waals surface area contributed by atoms with Crippen molar-refractivity contribution in [3.63, 3.8) is 0 Å². The van der Waals surface area contributed by atoms with Crippen LogP contribution in [0.1, 0.15) is 6.42 Å². The van der Waals surface area contributed by atoms with Gasteiger partial charge in [-0.05, 0) is 42.5 Å². The first-order chi connectivity index (χ1) is 13.8. The Balaban J connectivity index is 1.58. The molecule has 3 aromatic heterocycles. The number of carbonyl (C=O) groups excluding carboxylic acids is 1. The largest absolute Gasteiger partial charge is 0.495 e. The maximum atomic E-state index is 12.5. The summed E-state index contributed by atoms with van der Waals surface area (Å²) in [6, 6.07) is 17.3. The number of hydrogen-bond donors (Lipinski definition) is 1.